The third-order valence-electron chi connectivity index (χ3n) is 5.56. The van der Waals surface area contributed by atoms with Crippen molar-refractivity contribution in [1.29, 1.82) is 0 Å². The largest absolute Gasteiger partial charge is 0.497 e. The van der Waals surface area contributed by atoms with E-state index in [0.29, 0.717) is 49.8 Å². The van der Waals surface area contributed by atoms with Crippen LogP contribution in [0, 0.1) is 0 Å². The maximum absolute atomic E-state index is 13.0. The molecule has 3 rings (SSSR count). The molecule has 1 aromatic carbocycles. The van der Waals surface area contributed by atoms with E-state index in [1.165, 1.54) is 4.68 Å². The second-order valence-corrected chi connectivity index (χ2v) is 7.23. The Balaban J connectivity index is 1.72. The smallest absolute Gasteiger partial charge is 0.345 e. The number of piperidine rings is 1. The predicted octanol–water partition coefficient (Wildman–Crippen LogP) is 1.75. The van der Waals surface area contributed by atoms with E-state index in [-0.39, 0.29) is 17.5 Å². The molecular formula is C21H30N4O5. The first kappa shape index (κ1) is 21.9. The molecule has 1 fully saturated rings. The molecule has 0 N–H and O–H groups in total. The Morgan fingerprint density at radius 1 is 1.17 bits per heavy atom. The molecule has 0 unspecified atom stereocenters. The normalized spacial score (nSPS) is 14.7. The fourth-order valence-electron chi connectivity index (χ4n) is 3.87. The first-order chi connectivity index (χ1) is 14.5. The zero-order chi connectivity index (χ0) is 21.7. The van der Waals surface area contributed by atoms with Gasteiger partial charge in [-0.2, -0.15) is 5.10 Å². The van der Waals surface area contributed by atoms with Crippen LogP contribution in [0.15, 0.2) is 23.0 Å². The average molecular weight is 418 g/mol. The van der Waals surface area contributed by atoms with E-state index in [9.17, 15) is 9.59 Å². The van der Waals surface area contributed by atoms with E-state index >= 15 is 0 Å². The van der Waals surface area contributed by atoms with Crippen LogP contribution in [-0.2, 0) is 17.8 Å². The lowest BCUT2D eigenvalue weighted by Crippen LogP contribution is -2.38. The molecule has 0 spiro atoms. The van der Waals surface area contributed by atoms with Gasteiger partial charge in [0, 0.05) is 38.7 Å². The summed E-state index contributed by atoms with van der Waals surface area (Å²) in [7, 11) is 4.72. The van der Waals surface area contributed by atoms with Crippen molar-refractivity contribution in [3.8, 4) is 11.5 Å². The Morgan fingerprint density at radius 3 is 2.50 bits per heavy atom. The van der Waals surface area contributed by atoms with E-state index < -0.39 is 0 Å². The standard InChI is InChI=1S/C21H30N4O5/c1-5-24-19(22-25(21(24)27)12-13-28-2)15-8-10-23(11-9-15)20(26)17-7-6-16(29-3)14-18(17)30-4/h6-7,14-15H,5,8-13H2,1-4H3. The lowest BCUT2D eigenvalue weighted by Gasteiger charge is -2.32. The monoisotopic (exact) mass is 418 g/mol. The van der Waals surface area contributed by atoms with Crippen molar-refractivity contribution >= 4 is 5.91 Å². The van der Waals surface area contributed by atoms with Crippen molar-refractivity contribution in [2.24, 2.45) is 0 Å². The highest BCUT2D eigenvalue weighted by Crippen LogP contribution is 2.30. The number of carbonyl (C=O) groups is 1. The quantitative estimate of drug-likeness (QED) is 0.649. The number of hydrogen-bond acceptors (Lipinski definition) is 6. The number of benzene rings is 1. The van der Waals surface area contributed by atoms with Gasteiger partial charge in [0.05, 0.1) is 32.9 Å². The van der Waals surface area contributed by atoms with Gasteiger partial charge >= 0.3 is 5.69 Å². The van der Waals surface area contributed by atoms with Crippen LogP contribution in [-0.4, -0.2) is 66.2 Å². The molecule has 0 atom stereocenters. The number of ether oxygens (including phenoxy) is 3. The first-order valence-corrected chi connectivity index (χ1v) is 10.2. The summed E-state index contributed by atoms with van der Waals surface area (Å²) in [6, 6.07) is 5.21. The van der Waals surface area contributed by atoms with E-state index in [0.717, 1.165) is 18.7 Å². The van der Waals surface area contributed by atoms with Crippen molar-refractivity contribution in [3.63, 3.8) is 0 Å². The fourth-order valence-corrected chi connectivity index (χ4v) is 3.87. The van der Waals surface area contributed by atoms with Gasteiger partial charge in [0.1, 0.15) is 17.3 Å². The van der Waals surface area contributed by atoms with Crippen molar-refractivity contribution in [2.45, 2.75) is 38.8 Å². The van der Waals surface area contributed by atoms with Crippen LogP contribution in [0.3, 0.4) is 0 Å². The fraction of sp³-hybridized carbons (Fsp3) is 0.571. The second-order valence-electron chi connectivity index (χ2n) is 7.23. The third-order valence-corrected chi connectivity index (χ3v) is 5.56. The van der Waals surface area contributed by atoms with Crippen LogP contribution in [0.1, 0.15) is 41.9 Å². The van der Waals surface area contributed by atoms with Gasteiger partial charge in [-0.1, -0.05) is 0 Å². The highest BCUT2D eigenvalue weighted by Gasteiger charge is 2.29. The molecule has 0 saturated carbocycles. The van der Waals surface area contributed by atoms with Crippen LogP contribution in [0.25, 0.3) is 0 Å². The maximum atomic E-state index is 13.0. The molecule has 30 heavy (non-hydrogen) atoms. The highest BCUT2D eigenvalue weighted by atomic mass is 16.5. The third kappa shape index (κ3) is 4.35. The molecule has 1 saturated heterocycles. The number of aromatic nitrogens is 3. The Labute approximate surface area is 176 Å². The number of likely N-dealkylation sites (tertiary alicyclic amines) is 1. The van der Waals surface area contributed by atoms with Crippen LogP contribution in [0.4, 0.5) is 0 Å². The molecule has 2 heterocycles. The van der Waals surface area contributed by atoms with Gasteiger partial charge < -0.3 is 19.1 Å². The predicted molar refractivity (Wildman–Crippen MR) is 111 cm³/mol. The zero-order valence-corrected chi connectivity index (χ0v) is 18.1. The van der Waals surface area contributed by atoms with Gasteiger partial charge in [-0.3, -0.25) is 9.36 Å². The lowest BCUT2D eigenvalue weighted by atomic mass is 9.95. The summed E-state index contributed by atoms with van der Waals surface area (Å²) in [5, 5.41) is 4.57. The molecule has 0 bridgehead atoms. The maximum Gasteiger partial charge on any atom is 0.345 e. The summed E-state index contributed by atoms with van der Waals surface area (Å²) in [6.07, 6.45) is 1.51. The van der Waals surface area contributed by atoms with Crippen LogP contribution >= 0.6 is 0 Å². The van der Waals surface area contributed by atoms with Crippen molar-refractivity contribution in [2.75, 3.05) is 41.0 Å². The van der Waals surface area contributed by atoms with Crippen molar-refractivity contribution < 1.29 is 19.0 Å². The molecule has 1 aliphatic heterocycles. The van der Waals surface area contributed by atoms with Crippen LogP contribution in [0.2, 0.25) is 0 Å². The molecule has 0 radical (unpaired) electrons. The second kappa shape index (κ2) is 9.80. The summed E-state index contributed by atoms with van der Waals surface area (Å²) < 4.78 is 18.9. The topological polar surface area (TPSA) is 87.8 Å². The molecular weight excluding hydrogens is 388 g/mol. The summed E-state index contributed by atoms with van der Waals surface area (Å²) in [6.45, 7) is 4.59. The van der Waals surface area contributed by atoms with E-state index in [2.05, 4.69) is 5.10 Å². The van der Waals surface area contributed by atoms with E-state index in [1.807, 2.05) is 11.8 Å². The minimum atomic E-state index is -0.106. The van der Waals surface area contributed by atoms with Crippen LogP contribution in [0.5, 0.6) is 11.5 Å². The van der Waals surface area contributed by atoms with Crippen molar-refractivity contribution in [1.82, 2.24) is 19.2 Å². The molecule has 164 valence electrons. The molecule has 1 aromatic heterocycles. The first-order valence-electron chi connectivity index (χ1n) is 10.2. The average Bonchev–Trinajstić information content (AvgIpc) is 3.11. The Kier molecular flexibility index (Phi) is 7.15. The van der Waals surface area contributed by atoms with Crippen molar-refractivity contribution in [3.05, 3.63) is 40.1 Å². The van der Waals surface area contributed by atoms with E-state index in [1.54, 1.807) is 44.1 Å². The highest BCUT2D eigenvalue weighted by molar-refractivity contribution is 5.97. The number of methoxy groups -OCH3 is 3. The molecule has 9 nitrogen and oxygen atoms in total. The number of rotatable bonds is 8. The Hall–Kier alpha value is -2.81. The SMILES string of the molecule is CCn1c(C2CCN(C(=O)c3ccc(OC)cc3OC)CC2)nn(CCOC)c1=O. The van der Waals surface area contributed by atoms with Gasteiger partial charge in [0.15, 0.2) is 0 Å². The Morgan fingerprint density at radius 2 is 1.90 bits per heavy atom. The van der Waals surface area contributed by atoms with Gasteiger partial charge in [0.2, 0.25) is 0 Å². The molecule has 9 heteroatoms. The van der Waals surface area contributed by atoms with Gasteiger partial charge in [-0.05, 0) is 31.9 Å². The summed E-state index contributed by atoms with van der Waals surface area (Å²) in [5.41, 5.74) is 0.414. The summed E-state index contributed by atoms with van der Waals surface area (Å²) in [4.78, 5) is 27.4. The molecule has 1 aliphatic rings. The molecule has 0 aliphatic carbocycles. The van der Waals surface area contributed by atoms with E-state index in [4.69, 9.17) is 14.2 Å². The zero-order valence-electron chi connectivity index (χ0n) is 18.1. The van der Waals surface area contributed by atoms with Crippen LogP contribution < -0.4 is 15.2 Å². The number of amides is 1. The van der Waals surface area contributed by atoms with Gasteiger partial charge in [-0.25, -0.2) is 9.48 Å². The molecule has 2 aromatic rings. The number of nitrogens with zero attached hydrogens (tertiary/aromatic N) is 4. The number of carbonyl (C=O) groups excluding carboxylic acids is 1. The lowest BCUT2D eigenvalue weighted by molar-refractivity contribution is 0.0706. The molecule has 1 amide bonds. The summed E-state index contributed by atoms with van der Waals surface area (Å²) in [5.74, 6) is 2.02. The van der Waals surface area contributed by atoms with Gasteiger partial charge in [-0.15, -0.1) is 0 Å². The van der Waals surface area contributed by atoms with Gasteiger partial charge in [0.25, 0.3) is 5.91 Å². The minimum Gasteiger partial charge on any atom is -0.497 e. The minimum absolute atomic E-state index is 0.0635. The summed E-state index contributed by atoms with van der Waals surface area (Å²) >= 11 is 0. The number of hydrogen-bond donors (Lipinski definition) is 0. The Bertz CT molecular complexity index is 928.